The number of hydrogen-bond donors (Lipinski definition) is 3. The van der Waals surface area contributed by atoms with Gasteiger partial charge in [0, 0.05) is 0 Å². The summed E-state index contributed by atoms with van der Waals surface area (Å²) in [6.45, 7) is 2.48. The van der Waals surface area contributed by atoms with Crippen molar-refractivity contribution in [2.45, 2.75) is 18.9 Å². The van der Waals surface area contributed by atoms with Crippen molar-refractivity contribution in [1.82, 2.24) is 5.32 Å². The van der Waals surface area contributed by atoms with Crippen molar-refractivity contribution in [3.8, 4) is 0 Å². The summed E-state index contributed by atoms with van der Waals surface area (Å²) >= 11 is 1.68. The molecule has 14 heavy (non-hydrogen) atoms. The summed E-state index contributed by atoms with van der Waals surface area (Å²) in [6.07, 6.45) is 0.930. The number of rotatable bonds is 6. The number of aliphatic hydroxyl groups excluding tert-OH is 2. The van der Waals surface area contributed by atoms with Crippen molar-refractivity contribution < 1.29 is 10.2 Å². The predicted octanol–water partition coefficient (Wildman–Crippen LogP) is 0.624. The SMILES string of the molecule is CC(CO)(CO)NCCc1ccsc1. The smallest absolute Gasteiger partial charge is 0.0633 e. The minimum atomic E-state index is -0.560. The molecule has 80 valence electrons. The molecule has 0 fully saturated rings. The van der Waals surface area contributed by atoms with E-state index in [1.54, 1.807) is 18.3 Å². The molecule has 0 aromatic carbocycles. The van der Waals surface area contributed by atoms with E-state index in [0.717, 1.165) is 13.0 Å². The van der Waals surface area contributed by atoms with Gasteiger partial charge in [-0.25, -0.2) is 0 Å². The summed E-state index contributed by atoms with van der Waals surface area (Å²) in [4.78, 5) is 0. The molecule has 1 aromatic rings. The minimum Gasteiger partial charge on any atom is -0.394 e. The average molecular weight is 215 g/mol. The molecule has 0 aliphatic rings. The van der Waals surface area contributed by atoms with Crippen LogP contribution in [0, 0.1) is 0 Å². The first-order valence-corrected chi connectivity index (χ1v) is 5.62. The quantitative estimate of drug-likeness (QED) is 0.652. The van der Waals surface area contributed by atoms with Gasteiger partial charge in [0.05, 0.1) is 18.8 Å². The molecule has 4 heteroatoms. The third-order valence-electron chi connectivity index (χ3n) is 2.24. The summed E-state index contributed by atoms with van der Waals surface area (Å²) in [5.41, 5.74) is 0.733. The lowest BCUT2D eigenvalue weighted by Gasteiger charge is -2.26. The summed E-state index contributed by atoms with van der Waals surface area (Å²) in [5, 5.41) is 25.3. The summed E-state index contributed by atoms with van der Waals surface area (Å²) in [6, 6.07) is 2.08. The maximum atomic E-state index is 9.02. The topological polar surface area (TPSA) is 52.5 Å². The van der Waals surface area contributed by atoms with Gasteiger partial charge in [0.2, 0.25) is 0 Å². The fourth-order valence-corrected chi connectivity index (χ4v) is 1.81. The van der Waals surface area contributed by atoms with Gasteiger partial charge in [-0.1, -0.05) is 0 Å². The van der Waals surface area contributed by atoms with E-state index in [1.807, 2.05) is 5.38 Å². The molecule has 0 radical (unpaired) electrons. The van der Waals surface area contributed by atoms with Gasteiger partial charge in [-0.15, -0.1) is 0 Å². The average Bonchev–Trinajstić information content (AvgIpc) is 2.70. The summed E-state index contributed by atoms with van der Waals surface area (Å²) in [5.74, 6) is 0. The standard InChI is InChI=1S/C10H17NO2S/c1-10(7-12,8-13)11-4-2-9-3-5-14-6-9/h3,5-6,11-13H,2,4,7-8H2,1H3. The molecular weight excluding hydrogens is 198 g/mol. The Hall–Kier alpha value is -0.420. The van der Waals surface area contributed by atoms with Crippen LogP contribution in [0.15, 0.2) is 16.8 Å². The maximum absolute atomic E-state index is 9.02. The van der Waals surface area contributed by atoms with Crippen LogP contribution in [0.1, 0.15) is 12.5 Å². The Bertz CT molecular complexity index is 245. The Morgan fingerprint density at radius 1 is 1.43 bits per heavy atom. The van der Waals surface area contributed by atoms with Crippen LogP contribution in [0.2, 0.25) is 0 Å². The number of nitrogens with one attached hydrogen (secondary N) is 1. The van der Waals surface area contributed by atoms with E-state index in [2.05, 4.69) is 16.8 Å². The van der Waals surface area contributed by atoms with E-state index in [4.69, 9.17) is 10.2 Å². The van der Waals surface area contributed by atoms with E-state index in [-0.39, 0.29) is 13.2 Å². The number of aliphatic hydroxyl groups is 2. The van der Waals surface area contributed by atoms with Gasteiger partial charge in [0.15, 0.2) is 0 Å². The Morgan fingerprint density at radius 3 is 2.64 bits per heavy atom. The molecule has 0 saturated carbocycles. The van der Waals surface area contributed by atoms with E-state index in [1.165, 1.54) is 5.56 Å². The van der Waals surface area contributed by atoms with Gasteiger partial charge in [-0.05, 0) is 42.3 Å². The van der Waals surface area contributed by atoms with Crippen LogP contribution in [-0.4, -0.2) is 35.5 Å². The largest absolute Gasteiger partial charge is 0.394 e. The van der Waals surface area contributed by atoms with Crippen LogP contribution >= 0.6 is 11.3 Å². The van der Waals surface area contributed by atoms with E-state index in [9.17, 15) is 0 Å². The first-order chi connectivity index (χ1) is 6.70. The van der Waals surface area contributed by atoms with Crippen molar-refractivity contribution >= 4 is 11.3 Å². The fourth-order valence-electron chi connectivity index (χ4n) is 1.11. The summed E-state index contributed by atoms with van der Waals surface area (Å²) in [7, 11) is 0. The van der Waals surface area contributed by atoms with Crippen LogP contribution in [0.5, 0.6) is 0 Å². The molecule has 0 aliphatic heterocycles. The summed E-state index contributed by atoms with van der Waals surface area (Å²) < 4.78 is 0. The zero-order valence-corrected chi connectivity index (χ0v) is 9.18. The maximum Gasteiger partial charge on any atom is 0.0633 e. The van der Waals surface area contributed by atoms with Gasteiger partial charge in [0.25, 0.3) is 0 Å². The molecule has 0 atom stereocenters. The van der Waals surface area contributed by atoms with E-state index >= 15 is 0 Å². The molecule has 3 N–H and O–H groups in total. The monoisotopic (exact) mass is 215 g/mol. The van der Waals surface area contributed by atoms with Crippen LogP contribution < -0.4 is 5.32 Å². The molecule has 1 aromatic heterocycles. The first kappa shape index (κ1) is 11.7. The highest BCUT2D eigenvalue weighted by molar-refractivity contribution is 7.07. The zero-order valence-electron chi connectivity index (χ0n) is 8.36. The molecule has 0 spiro atoms. The Morgan fingerprint density at radius 2 is 2.14 bits per heavy atom. The van der Waals surface area contributed by atoms with E-state index < -0.39 is 5.54 Å². The molecule has 0 aliphatic carbocycles. The Balaban J connectivity index is 2.27. The lowest BCUT2D eigenvalue weighted by molar-refractivity contribution is 0.105. The molecule has 3 nitrogen and oxygen atoms in total. The van der Waals surface area contributed by atoms with Crippen LogP contribution in [-0.2, 0) is 6.42 Å². The van der Waals surface area contributed by atoms with Crippen LogP contribution in [0.25, 0.3) is 0 Å². The lowest BCUT2D eigenvalue weighted by atomic mass is 10.1. The second-order valence-electron chi connectivity index (χ2n) is 3.69. The van der Waals surface area contributed by atoms with Crippen LogP contribution in [0.4, 0.5) is 0 Å². The number of hydrogen-bond acceptors (Lipinski definition) is 4. The van der Waals surface area contributed by atoms with Crippen molar-refractivity contribution in [1.29, 1.82) is 0 Å². The molecule has 1 heterocycles. The Labute approximate surface area is 88.4 Å². The molecule has 0 saturated heterocycles. The number of thiophene rings is 1. The van der Waals surface area contributed by atoms with Gasteiger partial charge in [0.1, 0.15) is 0 Å². The van der Waals surface area contributed by atoms with E-state index in [0.29, 0.717) is 0 Å². The highest BCUT2D eigenvalue weighted by Crippen LogP contribution is 2.07. The minimum absolute atomic E-state index is 0.0485. The molecule has 0 bridgehead atoms. The molecule has 1 rings (SSSR count). The van der Waals surface area contributed by atoms with Gasteiger partial charge in [-0.2, -0.15) is 11.3 Å². The van der Waals surface area contributed by atoms with Crippen molar-refractivity contribution in [3.63, 3.8) is 0 Å². The van der Waals surface area contributed by atoms with Gasteiger partial charge >= 0.3 is 0 Å². The van der Waals surface area contributed by atoms with Crippen LogP contribution in [0.3, 0.4) is 0 Å². The lowest BCUT2D eigenvalue weighted by Crippen LogP contribution is -2.49. The molecule has 0 amide bonds. The third kappa shape index (κ3) is 3.38. The highest BCUT2D eigenvalue weighted by atomic mass is 32.1. The van der Waals surface area contributed by atoms with Crippen molar-refractivity contribution in [3.05, 3.63) is 22.4 Å². The normalized spacial score (nSPS) is 11.9. The third-order valence-corrected chi connectivity index (χ3v) is 2.98. The van der Waals surface area contributed by atoms with Crippen molar-refractivity contribution in [2.24, 2.45) is 0 Å². The molecular formula is C10H17NO2S. The second-order valence-corrected chi connectivity index (χ2v) is 4.47. The van der Waals surface area contributed by atoms with Crippen molar-refractivity contribution in [2.75, 3.05) is 19.8 Å². The van der Waals surface area contributed by atoms with Gasteiger partial charge in [-0.3, -0.25) is 0 Å². The van der Waals surface area contributed by atoms with Gasteiger partial charge < -0.3 is 15.5 Å². The Kier molecular flexibility index (Phi) is 4.54. The predicted molar refractivity (Wildman–Crippen MR) is 58.6 cm³/mol. The zero-order chi connectivity index (χ0) is 10.4. The fraction of sp³-hybridized carbons (Fsp3) is 0.600. The molecule has 0 unspecified atom stereocenters. The first-order valence-electron chi connectivity index (χ1n) is 4.68. The highest BCUT2D eigenvalue weighted by Gasteiger charge is 2.20. The second kappa shape index (κ2) is 5.46.